The number of amidine groups is 1. The fraction of sp³-hybridized carbons (Fsp3) is 0.125. The van der Waals surface area contributed by atoms with Crippen LogP contribution >= 0.6 is 15.9 Å². The third kappa shape index (κ3) is 6.33. The largest absolute Gasteiger partial charge is 0.384 e. The van der Waals surface area contributed by atoms with Gasteiger partial charge in [-0.2, -0.15) is 0 Å². The number of ketones is 1. The zero-order valence-electron chi connectivity index (χ0n) is 12.5. The number of halogens is 1. The molecule has 0 aliphatic heterocycles. The maximum absolute atomic E-state index is 11.2. The van der Waals surface area contributed by atoms with E-state index in [1.807, 2.05) is 30.3 Å². The first-order chi connectivity index (χ1) is 10.8. The van der Waals surface area contributed by atoms with E-state index in [1.165, 1.54) is 24.3 Å². The zero-order valence-corrected chi connectivity index (χ0v) is 14.9. The second-order valence-electron chi connectivity index (χ2n) is 4.63. The first kappa shape index (κ1) is 19.1. The molecule has 2 aromatic carbocycles. The molecular formula is C16H17BrN2O3S. The summed E-state index contributed by atoms with van der Waals surface area (Å²) in [7, 11) is -3.18. The van der Waals surface area contributed by atoms with Gasteiger partial charge in [0, 0.05) is 17.4 Å². The Kier molecular flexibility index (Phi) is 7.12. The number of nitrogens with one attached hydrogen (secondary N) is 1. The van der Waals surface area contributed by atoms with Gasteiger partial charge in [0.05, 0.1) is 10.2 Å². The molecule has 2 aromatic rings. The summed E-state index contributed by atoms with van der Waals surface area (Å²) in [6.45, 7) is 0. The molecule has 7 heteroatoms. The molecule has 0 spiro atoms. The average Bonchev–Trinajstić information content (AvgIpc) is 2.55. The number of rotatable bonds is 4. The minimum Gasteiger partial charge on any atom is -0.384 e. The first-order valence-electron chi connectivity index (χ1n) is 6.54. The molecule has 0 bridgehead atoms. The van der Waals surface area contributed by atoms with Gasteiger partial charge in [0.25, 0.3) is 0 Å². The minimum atomic E-state index is -3.18. The van der Waals surface area contributed by atoms with E-state index in [0.717, 1.165) is 11.8 Å². The van der Waals surface area contributed by atoms with Crippen molar-refractivity contribution in [3.05, 3.63) is 65.7 Å². The van der Waals surface area contributed by atoms with E-state index in [4.69, 9.17) is 11.1 Å². The summed E-state index contributed by atoms with van der Waals surface area (Å²) >= 11 is 3.04. The summed E-state index contributed by atoms with van der Waals surface area (Å²) in [5.41, 5.74) is 6.48. The van der Waals surface area contributed by atoms with Crippen molar-refractivity contribution in [2.75, 3.05) is 11.6 Å². The van der Waals surface area contributed by atoms with Crippen LogP contribution in [0.3, 0.4) is 0 Å². The number of benzene rings is 2. The third-order valence-corrected chi connectivity index (χ3v) is 4.45. The van der Waals surface area contributed by atoms with Crippen molar-refractivity contribution in [3.8, 4) is 0 Å². The number of hydrogen-bond donors (Lipinski definition) is 2. The topological polar surface area (TPSA) is 101 Å². The molecule has 0 radical (unpaired) electrons. The molecule has 2 rings (SSSR count). The summed E-state index contributed by atoms with van der Waals surface area (Å²) < 4.78 is 22.2. The molecule has 23 heavy (non-hydrogen) atoms. The number of alkyl halides is 1. The Balaban J connectivity index is 0.000000253. The van der Waals surface area contributed by atoms with Crippen LogP contribution in [0.15, 0.2) is 59.5 Å². The predicted octanol–water partition coefficient (Wildman–Crippen LogP) is 2.64. The molecule has 0 unspecified atom stereocenters. The van der Waals surface area contributed by atoms with Crippen LogP contribution in [0.4, 0.5) is 0 Å². The third-order valence-electron chi connectivity index (χ3n) is 2.81. The Labute approximate surface area is 144 Å². The number of sulfone groups is 1. The SMILES string of the molecule is CS(=O)(=O)c1ccc(C(=O)CBr)cc1.N=C(N)c1ccccc1. The second kappa shape index (κ2) is 8.59. The maximum atomic E-state index is 11.2. The molecular weight excluding hydrogens is 380 g/mol. The van der Waals surface area contributed by atoms with Gasteiger partial charge in [-0.05, 0) is 12.1 Å². The predicted molar refractivity (Wildman–Crippen MR) is 95.1 cm³/mol. The summed E-state index contributed by atoms with van der Waals surface area (Å²) in [5.74, 6) is 0.0562. The maximum Gasteiger partial charge on any atom is 0.175 e. The Hall–Kier alpha value is -1.99. The van der Waals surface area contributed by atoms with Gasteiger partial charge in [-0.3, -0.25) is 10.2 Å². The van der Waals surface area contributed by atoms with Crippen LogP contribution in [0.2, 0.25) is 0 Å². The van der Waals surface area contributed by atoms with Crippen molar-refractivity contribution in [3.63, 3.8) is 0 Å². The molecule has 0 aliphatic carbocycles. The highest BCUT2D eigenvalue weighted by Gasteiger charge is 2.08. The van der Waals surface area contributed by atoms with Gasteiger partial charge in [0.2, 0.25) is 0 Å². The highest BCUT2D eigenvalue weighted by atomic mass is 79.9. The Morgan fingerprint density at radius 2 is 1.57 bits per heavy atom. The van der Waals surface area contributed by atoms with Gasteiger partial charge in [-0.1, -0.05) is 58.4 Å². The molecule has 0 amide bonds. The number of Topliss-reactive ketones (excluding diaryl/α,β-unsaturated/α-hetero) is 1. The Morgan fingerprint density at radius 3 is 1.91 bits per heavy atom. The monoisotopic (exact) mass is 396 g/mol. The molecule has 0 aliphatic rings. The van der Waals surface area contributed by atoms with Crippen LogP contribution in [-0.4, -0.2) is 31.6 Å². The highest BCUT2D eigenvalue weighted by Crippen LogP contribution is 2.11. The van der Waals surface area contributed by atoms with Crippen molar-refractivity contribution in [2.24, 2.45) is 5.73 Å². The standard InChI is InChI=1S/C9H9BrO3S.C7H8N2/c1-14(12,13)8-4-2-7(3-5-8)9(11)6-10;8-7(9)6-4-2-1-3-5-6/h2-5H,6H2,1H3;1-5H,(H3,8,9). The summed E-state index contributed by atoms with van der Waals surface area (Å²) in [6, 6.07) is 15.1. The molecule has 0 aromatic heterocycles. The summed E-state index contributed by atoms with van der Waals surface area (Å²) in [5, 5.41) is 7.25. The Bertz CT molecular complexity index is 773. The van der Waals surface area contributed by atoms with Gasteiger partial charge in [-0.15, -0.1) is 0 Å². The van der Waals surface area contributed by atoms with Crippen molar-refractivity contribution in [1.29, 1.82) is 5.41 Å². The van der Waals surface area contributed by atoms with E-state index in [0.29, 0.717) is 5.56 Å². The average molecular weight is 397 g/mol. The minimum absolute atomic E-state index is 0.0648. The summed E-state index contributed by atoms with van der Waals surface area (Å²) in [6.07, 6.45) is 1.13. The van der Waals surface area contributed by atoms with Crippen LogP contribution < -0.4 is 5.73 Å². The molecule has 0 saturated carbocycles. The van der Waals surface area contributed by atoms with E-state index in [-0.39, 0.29) is 21.8 Å². The van der Waals surface area contributed by atoms with Crippen LogP contribution in [0.1, 0.15) is 15.9 Å². The molecule has 0 fully saturated rings. The van der Waals surface area contributed by atoms with Crippen LogP contribution in [-0.2, 0) is 9.84 Å². The lowest BCUT2D eigenvalue weighted by molar-refractivity contribution is 0.102. The number of nitrogens with two attached hydrogens (primary N) is 1. The quantitative estimate of drug-likeness (QED) is 0.358. The van der Waals surface area contributed by atoms with Gasteiger partial charge in [-0.25, -0.2) is 8.42 Å². The number of hydrogen-bond acceptors (Lipinski definition) is 4. The number of carbonyl (C=O) groups excluding carboxylic acids is 1. The molecule has 0 atom stereocenters. The van der Waals surface area contributed by atoms with E-state index >= 15 is 0 Å². The lowest BCUT2D eigenvalue weighted by Gasteiger charge is -1.99. The van der Waals surface area contributed by atoms with E-state index in [2.05, 4.69) is 15.9 Å². The second-order valence-corrected chi connectivity index (χ2v) is 7.21. The number of nitrogen functional groups attached to an aromatic ring is 1. The normalized spacial score (nSPS) is 10.3. The van der Waals surface area contributed by atoms with Gasteiger partial charge >= 0.3 is 0 Å². The van der Waals surface area contributed by atoms with E-state index in [9.17, 15) is 13.2 Å². The lowest BCUT2D eigenvalue weighted by atomic mass is 10.2. The summed E-state index contributed by atoms with van der Waals surface area (Å²) in [4.78, 5) is 11.4. The molecule has 122 valence electrons. The van der Waals surface area contributed by atoms with Gasteiger partial charge < -0.3 is 5.73 Å². The van der Waals surface area contributed by atoms with Gasteiger partial charge in [0.1, 0.15) is 5.84 Å². The lowest BCUT2D eigenvalue weighted by Crippen LogP contribution is -2.10. The molecule has 0 heterocycles. The van der Waals surface area contributed by atoms with E-state index in [1.54, 1.807) is 0 Å². The van der Waals surface area contributed by atoms with Crippen molar-refractivity contribution >= 4 is 37.4 Å². The van der Waals surface area contributed by atoms with E-state index < -0.39 is 9.84 Å². The van der Waals surface area contributed by atoms with Crippen LogP contribution in [0, 0.1) is 5.41 Å². The van der Waals surface area contributed by atoms with Gasteiger partial charge in [0.15, 0.2) is 15.6 Å². The fourth-order valence-electron chi connectivity index (χ4n) is 1.58. The van der Waals surface area contributed by atoms with Crippen molar-refractivity contribution in [1.82, 2.24) is 0 Å². The first-order valence-corrected chi connectivity index (χ1v) is 9.55. The van der Waals surface area contributed by atoms with Crippen molar-refractivity contribution < 1.29 is 13.2 Å². The van der Waals surface area contributed by atoms with Crippen LogP contribution in [0.5, 0.6) is 0 Å². The molecule has 3 N–H and O–H groups in total. The Morgan fingerprint density at radius 1 is 1.04 bits per heavy atom. The molecule has 5 nitrogen and oxygen atoms in total. The smallest absolute Gasteiger partial charge is 0.175 e. The van der Waals surface area contributed by atoms with Crippen LogP contribution in [0.25, 0.3) is 0 Å². The highest BCUT2D eigenvalue weighted by molar-refractivity contribution is 9.09. The van der Waals surface area contributed by atoms with Crippen molar-refractivity contribution in [2.45, 2.75) is 4.90 Å². The zero-order chi connectivity index (χ0) is 17.5. The number of carbonyl (C=O) groups is 1. The molecule has 0 saturated heterocycles. The fourth-order valence-corrected chi connectivity index (χ4v) is 2.54.